The van der Waals surface area contributed by atoms with Crippen LogP contribution in [0.25, 0.3) is 0 Å². The van der Waals surface area contributed by atoms with E-state index in [0.717, 1.165) is 22.8 Å². The van der Waals surface area contributed by atoms with Gasteiger partial charge >= 0.3 is 0 Å². The molecule has 0 unspecified atom stereocenters. The molecule has 0 aliphatic carbocycles. The van der Waals surface area contributed by atoms with E-state index in [9.17, 15) is 0 Å². The largest absolute Gasteiger partial charge is 0.485 e. The molecule has 0 radical (unpaired) electrons. The van der Waals surface area contributed by atoms with Crippen molar-refractivity contribution < 1.29 is 4.74 Å². The van der Waals surface area contributed by atoms with Crippen LogP contribution < -0.4 is 10.1 Å². The van der Waals surface area contributed by atoms with Gasteiger partial charge in [-0.1, -0.05) is 13.8 Å². The molecule has 0 aliphatic rings. The molecule has 1 N–H and O–H groups in total. The summed E-state index contributed by atoms with van der Waals surface area (Å²) in [5, 5.41) is 7.67. The van der Waals surface area contributed by atoms with Gasteiger partial charge in [0, 0.05) is 31.5 Å². The highest BCUT2D eigenvalue weighted by Gasteiger charge is 2.08. The van der Waals surface area contributed by atoms with E-state index < -0.39 is 0 Å². The third kappa shape index (κ3) is 4.06. The van der Waals surface area contributed by atoms with Crippen LogP contribution in [0.1, 0.15) is 30.9 Å². The van der Waals surface area contributed by atoms with Crippen LogP contribution in [-0.4, -0.2) is 20.8 Å². The summed E-state index contributed by atoms with van der Waals surface area (Å²) in [5.41, 5.74) is 2.85. The monoisotopic (exact) mass is 274 g/mol. The fourth-order valence-electron chi connectivity index (χ4n) is 1.85. The number of nitrogens with zero attached hydrogens (tertiary/aromatic N) is 3. The Hall–Kier alpha value is -1.88. The maximum absolute atomic E-state index is 5.85. The molecule has 0 saturated carbocycles. The fraction of sp³-hybridized carbons (Fsp3) is 0.467. The Kier molecular flexibility index (Phi) is 4.74. The maximum Gasteiger partial charge on any atom is 0.142 e. The zero-order valence-electron chi connectivity index (χ0n) is 12.6. The second-order valence-corrected chi connectivity index (χ2v) is 5.20. The lowest BCUT2D eigenvalue weighted by Crippen LogP contribution is -2.23. The molecule has 20 heavy (non-hydrogen) atoms. The van der Waals surface area contributed by atoms with Crippen LogP contribution in [0.3, 0.4) is 0 Å². The Balaban J connectivity index is 2.05. The van der Waals surface area contributed by atoms with E-state index in [1.54, 1.807) is 4.68 Å². The van der Waals surface area contributed by atoms with Crippen molar-refractivity contribution in [2.75, 3.05) is 0 Å². The number of hydrogen-bond donors (Lipinski definition) is 1. The number of nitrogens with one attached hydrogen (secondary N) is 1. The Labute approximate surface area is 120 Å². The molecular weight excluding hydrogens is 252 g/mol. The molecule has 2 rings (SSSR count). The lowest BCUT2D eigenvalue weighted by atomic mass is 10.2. The Morgan fingerprint density at radius 3 is 2.75 bits per heavy atom. The molecule has 2 heterocycles. The van der Waals surface area contributed by atoms with Crippen molar-refractivity contribution in [1.29, 1.82) is 0 Å². The van der Waals surface area contributed by atoms with Gasteiger partial charge in [-0.3, -0.25) is 9.67 Å². The SMILES string of the molecule is Cc1ccc(OCc2ccn(C)n2)c(CNC(C)C)n1. The summed E-state index contributed by atoms with van der Waals surface area (Å²) in [4.78, 5) is 4.55. The van der Waals surface area contributed by atoms with Crippen LogP contribution in [0, 0.1) is 6.92 Å². The van der Waals surface area contributed by atoms with Crippen LogP contribution >= 0.6 is 0 Å². The summed E-state index contributed by atoms with van der Waals surface area (Å²) in [7, 11) is 1.90. The lowest BCUT2D eigenvalue weighted by molar-refractivity contribution is 0.293. The quantitative estimate of drug-likeness (QED) is 0.877. The molecule has 0 aliphatic heterocycles. The van der Waals surface area contributed by atoms with E-state index >= 15 is 0 Å². The van der Waals surface area contributed by atoms with Gasteiger partial charge in [-0.15, -0.1) is 0 Å². The minimum atomic E-state index is 0.418. The number of aromatic nitrogens is 3. The van der Waals surface area contributed by atoms with Crippen molar-refractivity contribution in [2.45, 2.75) is 40.0 Å². The number of pyridine rings is 1. The molecule has 0 saturated heterocycles. The zero-order valence-corrected chi connectivity index (χ0v) is 12.6. The molecular formula is C15H22N4O. The van der Waals surface area contributed by atoms with E-state index in [1.807, 2.05) is 38.4 Å². The number of aryl methyl sites for hydroxylation is 2. The van der Waals surface area contributed by atoms with Crippen LogP contribution in [0.5, 0.6) is 5.75 Å². The van der Waals surface area contributed by atoms with Gasteiger partial charge in [0.2, 0.25) is 0 Å². The minimum Gasteiger partial charge on any atom is -0.485 e. The number of ether oxygens (including phenoxy) is 1. The first kappa shape index (κ1) is 14.5. The molecule has 0 bridgehead atoms. The number of rotatable bonds is 6. The van der Waals surface area contributed by atoms with Crippen molar-refractivity contribution >= 4 is 0 Å². The normalized spacial score (nSPS) is 11.1. The standard InChI is InChI=1S/C15H22N4O/c1-11(2)16-9-14-15(6-5-12(3)17-14)20-10-13-7-8-19(4)18-13/h5-8,11,16H,9-10H2,1-4H3. The Bertz CT molecular complexity index is 563. The first-order valence-corrected chi connectivity index (χ1v) is 6.86. The maximum atomic E-state index is 5.85. The third-order valence-corrected chi connectivity index (χ3v) is 2.89. The highest BCUT2D eigenvalue weighted by Crippen LogP contribution is 2.18. The molecule has 2 aromatic rings. The Morgan fingerprint density at radius 1 is 1.30 bits per heavy atom. The van der Waals surface area contributed by atoms with Crippen LogP contribution in [0.4, 0.5) is 0 Å². The topological polar surface area (TPSA) is 52.0 Å². The molecule has 0 fully saturated rings. The fourth-order valence-corrected chi connectivity index (χ4v) is 1.85. The summed E-state index contributed by atoms with van der Waals surface area (Å²) < 4.78 is 7.62. The molecule has 0 amide bonds. The van der Waals surface area contributed by atoms with Gasteiger partial charge in [-0.25, -0.2) is 0 Å². The molecule has 5 nitrogen and oxygen atoms in total. The average molecular weight is 274 g/mol. The first-order valence-electron chi connectivity index (χ1n) is 6.86. The highest BCUT2D eigenvalue weighted by molar-refractivity contribution is 5.29. The summed E-state index contributed by atoms with van der Waals surface area (Å²) in [6.45, 7) is 7.38. The first-order chi connectivity index (χ1) is 9.54. The Morgan fingerprint density at radius 2 is 2.10 bits per heavy atom. The predicted molar refractivity (Wildman–Crippen MR) is 78.5 cm³/mol. The lowest BCUT2D eigenvalue weighted by Gasteiger charge is -2.13. The summed E-state index contributed by atoms with van der Waals surface area (Å²) in [5.74, 6) is 0.814. The zero-order chi connectivity index (χ0) is 14.5. The van der Waals surface area contributed by atoms with Crippen molar-refractivity contribution in [3.8, 4) is 5.75 Å². The van der Waals surface area contributed by atoms with Crippen molar-refractivity contribution in [2.24, 2.45) is 7.05 Å². The molecule has 0 aromatic carbocycles. The molecule has 0 spiro atoms. The third-order valence-electron chi connectivity index (χ3n) is 2.89. The highest BCUT2D eigenvalue weighted by atomic mass is 16.5. The molecule has 0 atom stereocenters. The van der Waals surface area contributed by atoms with Crippen molar-refractivity contribution in [1.82, 2.24) is 20.1 Å². The smallest absolute Gasteiger partial charge is 0.142 e. The summed E-state index contributed by atoms with van der Waals surface area (Å²) >= 11 is 0. The van der Waals surface area contributed by atoms with Gasteiger partial charge < -0.3 is 10.1 Å². The molecule has 108 valence electrons. The second kappa shape index (κ2) is 6.52. The van der Waals surface area contributed by atoms with Gasteiger partial charge in [-0.2, -0.15) is 5.10 Å². The van der Waals surface area contributed by atoms with Gasteiger partial charge in [0.15, 0.2) is 0 Å². The minimum absolute atomic E-state index is 0.418. The van der Waals surface area contributed by atoms with Crippen LogP contribution in [0.2, 0.25) is 0 Å². The van der Waals surface area contributed by atoms with Crippen molar-refractivity contribution in [3.05, 3.63) is 41.5 Å². The van der Waals surface area contributed by atoms with Crippen molar-refractivity contribution in [3.63, 3.8) is 0 Å². The van der Waals surface area contributed by atoms with Gasteiger partial charge in [0.05, 0.1) is 11.4 Å². The average Bonchev–Trinajstić information content (AvgIpc) is 2.81. The van der Waals surface area contributed by atoms with Gasteiger partial charge in [0.1, 0.15) is 12.4 Å². The van der Waals surface area contributed by atoms with Gasteiger partial charge in [0.25, 0.3) is 0 Å². The molecule has 5 heteroatoms. The molecule has 2 aromatic heterocycles. The summed E-state index contributed by atoms with van der Waals surface area (Å²) in [6, 6.07) is 6.31. The van der Waals surface area contributed by atoms with E-state index in [1.165, 1.54) is 0 Å². The predicted octanol–water partition coefficient (Wildman–Crippen LogP) is 2.20. The van der Waals surface area contributed by atoms with E-state index in [-0.39, 0.29) is 0 Å². The summed E-state index contributed by atoms with van der Waals surface area (Å²) in [6.07, 6.45) is 1.91. The number of hydrogen-bond acceptors (Lipinski definition) is 4. The second-order valence-electron chi connectivity index (χ2n) is 5.20. The van der Waals surface area contributed by atoms with E-state index in [4.69, 9.17) is 4.74 Å². The van der Waals surface area contributed by atoms with Crippen LogP contribution in [0.15, 0.2) is 24.4 Å². The van der Waals surface area contributed by atoms with E-state index in [2.05, 4.69) is 29.2 Å². The van der Waals surface area contributed by atoms with Gasteiger partial charge in [-0.05, 0) is 25.1 Å². The van der Waals surface area contributed by atoms with E-state index in [0.29, 0.717) is 19.2 Å². The van der Waals surface area contributed by atoms with Crippen LogP contribution in [-0.2, 0) is 20.2 Å².